The summed E-state index contributed by atoms with van der Waals surface area (Å²) in [6.07, 6.45) is 1.09. The van der Waals surface area contributed by atoms with Gasteiger partial charge in [0.15, 0.2) is 0 Å². The number of hydrogen-bond acceptors (Lipinski definition) is 5. The summed E-state index contributed by atoms with van der Waals surface area (Å²) >= 11 is 0. The second kappa shape index (κ2) is 5.83. The SMILES string of the molecule is CCC1(CC)NC(=O)N(Cc2nc(-c3ccccc3)no2)C1=O. The molecule has 0 saturated carbocycles. The summed E-state index contributed by atoms with van der Waals surface area (Å²) in [5.41, 5.74) is -0.00418. The zero-order valence-electron chi connectivity index (χ0n) is 13.1. The van der Waals surface area contributed by atoms with Gasteiger partial charge < -0.3 is 9.84 Å². The highest BCUT2D eigenvalue weighted by Crippen LogP contribution is 2.26. The van der Waals surface area contributed by atoms with Crippen LogP contribution in [0.15, 0.2) is 34.9 Å². The number of imide groups is 1. The molecule has 1 aromatic carbocycles. The zero-order chi connectivity index (χ0) is 16.4. The number of aromatic nitrogens is 2. The molecular formula is C16H18N4O3. The van der Waals surface area contributed by atoms with Crippen LogP contribution in [0, 0.1) is 0 Å². The van der Waals surface area contributed by atoms with Gasteiger partial charge in [-0.15, -0.1) is 0 Å². The third-order valence-corrected chi connectivity index (χ3v) is 4.25. The molecule has 2 aromatic rings. The van der Waals surface area contributed by atoms with Gasteiger partial charge in [-0.05, 0) is 12.8 Å². The molecule has 1 saturated heterocycles. The van der Waals surface area contributed by atoms with Gasteiger partial charge in [-0.3, -0.25) is 9.69 Å². The van der Waals surface area contributed by atoms with Gasteiger partial charge >= 0.3 is 6.03 Å². The van der Waals surface area contributed by atoms with Crippen LogP contribution in [0.3, 0.4) is 0 Å². The maximum absolute atomic E-state index is 12.5. The number of hydrogen-bond donors (Lipinski definition) is 1. The van der Waals surface area contributed by atoms with Crippen molar-refractivity contribution in [3.8, 4) is 11.4 Å². The summed E-state index contributed by atoms with van der Waals surface area (Å²) in [6.45, 7) is 3.74. The van der Waals surface area contributed by atoms with E-state index in [9.17, 15) is 9.59 Å². The first kappa shape index (κ1) is 15.2. The highest BCUT2D eigenvalue weighted by Gasteiger charge is 2.49. The van der Waals surface area contributed by atoms with Gasteiger partial charge in [0, 0.05) is 5.56 Å². The summed E-state index contributed by atoms with van der Waals surface area (Å²) in [5.74, 6) is 0.423. The molecule has 2 heterocycles. The maximum atomic E-state index is 12.5. The van der Waals surface area contributed by atoms with Gasteiger partial charge in [0.25, 0.3) is 5.91 Å². The molecule has 7 heteroatoms. The zero-order valence-corrected chi connectivity index (χ0v) is 13.1. The van der Waals surface area contributed by atoms with Crippen molar-refractivity contribution in [2.24, 2.45) is 0 Å². The van der Waals surface area contributed by atoms with Crippen LogP contribution in [0.1, 0.15) is 32.6 Å². The van der Waals surface area contributed by atoms with Crippen LogP contribution in [0.5, 0.6) is 0 Å². The molecule has 23 heavy (non-hydrogen) atoms. The lowest BCUT2D eigenvalue weighted by Crippen LogP contribution is -2.45. The molecule has 0 bridgehead atoms. The third kappa shape index (κ3) is 2.58. The van der Waals surface area contributed by atoms with Crippen molar-refractivity contribution in [1.82, 2.24) is 20.4 Å². The van der Waals surface area contributed by atoms with Crippen molar-refractivity contribution in [3.63, 3.8) is 0 Å². The molecule has 0 atom stereocenters. The van der Waals surface area contributed by atoms with Crippen molar-refractivity contribution in [2.45, 2.75) is 38.8 Å². The van der Waals surface area contributed by atoms with Crippen LogP contribution in [0.4, 0.5) is 4.79 Å². The highest BCUT2D eigenvalue weighted by molar-refractivity contribution is 6.06. The van der Waals surface area contributed by atoms with E-state index in [4.69, 9.17) is 4.52 Å². The molecule has 0 spiro atoms. The Labute approximate surface area is 133 Å². The Balaban J connectivity index is 1.79. The summed E-state index contributed by atoms with van der Waals surface area (Å²) in [4.78, 5) is 30.0. The summed E-state index contributed by atoms with van der Waals surface area (Å²) in [5, 5.41) is 6.67. The Hall–Kier alpha value is -2.70. The smallest absolute Gasteiger partial charge is 0.325 e. The van der Waals surface area contributed by atoms with E-state index in [0.717, 1.165) is 10.5 Å². The lowest BCUT2D eigenvalue weighted by molar-refractivity contribution is -0.132. The van der Waals surface area contributed by atoms with Gasteiger partial charge in [0.1, 0.15) is 12.1 Å². The fraction of sp³-hybridized carbons (Fsp3) is 0.375. The lowest BCUT2D eigenvalue weighted by Gasteiger charge is -2.22. The number of urea groups is 1. The molecule has 1 aliphatic rings. The number of benzene rings is 1. The molecule has 1 fully saturated rings. The van der Waals surface area contributed by atoms with Crippen molar-refractivity contribution in [1.29, 1.82) is 0 Å². The molecule has 0 unspecified atom stereocenters. The molecule has 120 valence electrons. The predicted molar refractivity (Wildman–Crippen MR) is 82.1 cm³/mol. The normalized spacial score (nSPS) is 16.7. The molecule has 3 rings (SSSR count). The second-order valence-electron chi connectivity index (χ2n) is 5.49. The third-order valence-electron chi connectivity index (χ3n) is 4.25. The summed E-state index contributed by atoms with van der Waals surface area (Å²) in [7, 11) is 0. The van der Waals surface area contributed by atoms with E-state index in [0.29, 0.717) is 18.7 Å². The molecule has 1 N–H and O–H groups in total. The van der Waals surface area contributed by atoms with Crippen molar-refractivity contribution < 1.29 is 14.1 Å². The fourth-order valence-electron chi connectivity index (χ4n) is 2.71. The average molecular weight is 314 g/mol. The Bertz CT molecular complexity index is 722. The van der Waals surface area contributed by atoms with Crippen molar-refractivity contribution in [2.75, 3.05) is 0 Å². The highest BCUT2D eigenvalue weighted by atomic mass is 16.5. The van der Waals surface area contributed by atoms with E-state index in [2.05, 4.69) is 15.5 Å². The monoisotopic (exact) mass is 314 g/mol. The van der Waals surface area contributed by atoms with E-state index >= 15 is 0 Å². The standard InChI is InChI=1S/C16H18N4O3/c1-3-16(4-2)14(21)20(15(22)18-16)10-12-17-13(19-23-12)11-8-6-5-7-9-11/h5-9H,3-4,10H2,1-2H3,(H,18,22). The number of carbonyl (C=O) groups is 2. The first-order valence-electron chi connectivity index (χ1n) is 7.61. The van der Waals surface area contributed by atoms with E-state index in [1.165, 1.54) is 0 Å². The van der Waals surface area contributed by atoms with E-state index in [1.54, 1.807) is 0 Å². The minimum atomic E-state index is -0.820. The molecule has 1 aromatic heterocycles. The maximum Gasteiger partial charge on any atom is 0.325 e. The number of amides is 3. The Morgan fingerprint density at radius 2 is 1.87 bits per heavy atom. The van der Waals surface area contributed by atoms with Gasteiger partial charge in [-0.25, -0.2) is 4.79 Å². The molecule has 0 radical (unpaired) electrons. The van der Waals surface area contributed by atoms with Crippen LogP contribution in [-0.2, 0) is 11.3 Å². The average Bonchev–Trinajstić information content (AvgIpc) is 3.14. The Morgan fingerprint density at radius 3 is 2.48 bits per heavy atom. The van der Waals surface area contributed by atoms with Crippen LogP contribution in [0.25, 0.3) is 11.4 Å². The van der Waals surface area contributed by atoms with Crippen molar-refractivity contribution in [3.05, 3.63) is 36.2 Å². The number of rotatable bonds is 5. The number of nitrogens with zero attached hydrogens (tertiary/aromatic N) is 3. The summed E-state index contributed by atoms with van der Waals surface area (Å²) in [6, 6.07) is 8.95. The van der Waals surface area contributed by atoms with Crippen LogP contribution >= 0.6 is 0 Å². The van der Waals surface area contributed by atoms with Gasteiger partial charge in [0.05, 0.1) is 0 Å². The minimum absolute atomic E-state index is 0.0216. The first-order valence-corrected chi connectivity index (χ1v) is 7.61. The molecule has 7 nitrogen and oxygen atoms in total. The van der Waals surface area contributed by atoms with Gasteiger partial charge in [-0.1, -0.05) is 49.3 Å². The largest absolute Gasteiger partial charge is 0.337 e. The van der Waals surface area contributed by atoms with Crippen LogP contribution in [-0.4, -0.2) is 32.5 Å². The number of carbonyl (C=O) groups excluding carboxylic acids is 2. The minimum Gasteiger partial charge on any atom is -0.337 e. The van der Waals surface area contributed by atoms with Crippen LogP contribution < -0.4 is 5.32 Å². The predicted octanol–water partition coefficient (Wildman–Crippen LogP) is 2.35. The number of nitrogens with one attached hydrogen (secondary N) is 1. The van der Waals surface area contributed by atoms with Crippen molar-refractivity contribution >= 4 is 11.9 Å². The van der Waals surface area contributed by atoms with Gasteiger partial charge in [-0.2, -0.15) is 4.98 Å². The van der Waals surface area contributed by atoms with E-state index in [1.807, 2.05) is 44.2 Å². The first-order chi connectivity index (χ1) is 11.1. The summed E-state index contributed by atoms with van der Waals surface area (Å²) < 4.78 is 5.18. The fourth-order valence-corrected chi connectivity index (χ4v) is 2.71. The Kier molecular flexibility index (Phi) is 3.85. The van der Waals surface area contributed by atoms with E-state index in [-0.39, 0.29) is 18.3 Å². The lowest BCUT2D eigenvalue weighted by atomic mass is 9.93. The molecule has 3 amide bonds. The quantitative estimate of drug-likeness (QED) is 0.856. The van der Waals surface area contributed by atoms with Crippen LogP contribution in [0.2, 0.25) is 0 Å². The Morgan fingerprint density at radius 1 is 1.17 bits per heavy atom. The molecular weight excluding hydrogens is 296 g/mol. The molecule has 1 aliphatic heterocycles. The van der Waals surface area contributed by atoms with E-state index < -0.39 is 11.6 Å². The second-order valence-corrected chi connectivity index (χ2v) is 5.49. The van der Waals surface area contributed by atoms with Gasteiger partial charge in [0.2, 0.25) is 11.7 Å². The topological polar surface area (TPSA) is 88.3 Å². The molecule has 0 aliphatic carbocycles.